The molecule has 138 heavy (non-hydrogen) atoms. The first kappa shape index (κ1) is 121. The van der Waals surface area contributed by atoms with Crippen molar-refractivity contribution < 1.29 is 240 Å². The summed E-state index contributed by atoms with van der Waals surface area (Å²) >= 11 is 0. The van der Waals surface area contributed by atoms with E-state index in [2.05, 4.69) is 5.32 Å². The van der Waals surface area contributed by atoms with Crippen molar-refractivity contribution in [2.24, 2.45) is 5.73 Å². The molecule has 65 heteroatoms. The Morgan fingerprint density at radius 3 is 0.362 bits per heavy atom. The van der Waals surface area contributed by atoms with Gasteiger partial charge in [-0.2, -0.15) is 0 Å². The third-order valence-corrected chi connectivity index (χ3v) is 18.3. The van der Waals surface area contributed by atoms with Crippen molar-refractivity contribution in [3.63, 3.8) is 0 Å². The molecular weight excluding hydrogens is 1880 g/mol. The molecule has 0 saturated heterocycles. The topological polar surface area (TPSA) is 1100 Å². The standard InChI is InChI=1S/C73H100N16O49/c74-26(1-10-42(90)91)58(122)75-27(2-11-43(92)93)59(123)76-28(3-12-44(94)95)60(124)77-29(4-13-45(96)97)61(125)78-30(5-14-46(98)99)62(126)79-31(6-15-47(100)101)63(127)80-32(7-16-48(102)103)64(128)81-33(8-17-49(104)105)65(129)83-36(20-52(110)111)68(132)85-35(19-51(108)109)67(131)82-34(9-18-50(106)107)66(130)84-37(21-53(112)113)69(133)86-38(22-54(114)115)70(134)87-39(23-55(116)117)71(135)88-40(24-56(118)119)72(136)89-41(73(137)138)25-57(120)121/h26-41H,1-25,74H2,(H,75,122)(H,76,123)(H,77,124)(H,78,125)(H,79,126)(H,80,127)(H,81,128)(H,82,131)(H,83,129)(H,84,130)(H,85,132)(H,86,133)(H,87,134)(H,88,135)(H,89,136)(H,90,91)(H,92,93)(H,94,95)(H,96,97)(H,98,99)(H,100,101)(H,102,103)(H,104,105)(H,106,107)(H,108,109)(H,110,111)(H,112,113)(H,114,115)(H,116,117)(H,118,119)(H,120,121)(H,137,138)/t26-,27-,28-,29-,30-,31-,32-,33-,34-,35-,36-,37-,38-,39-,40-,41-/m0/s1. The molecule has 0 rings (SSSR count). The van der Waals surface area contributed by atoms with Gasteiger partial charge in [-0.25, -0.2) is 4.79 Å². The summed E-state index contributed by atoms with van der Waals surface area (Å²) in [5.74, 6) is -57.4. The predicted octanol–water partition coefficient (Wildman–Crippen LogP) is -13.2. The normalized spacial score (nSPS) is 14.2. The second-order valence-corrected chi connectivity index (χ2v) is 29.4. The van der Waals surface area contributed by atoms with Crippen molar-refractivity contribution in [1.82, 2.24) is 79.8 Å². The summed E-state index contributed by atoms with van der Waals surface area (Å²) in [4.78, 5) is 409. The van der Waals surface area contributed by atoms with Crippen molar-refractivity contribution in [2.45, 2.75) is 257 Å². The number of carboxylic acids is 17. The Morgan fingerprint density at radius 1 is 0.138 bits per heavy atom. The molecule has 0 aromatic carbocycles. The molecule has 0 fully saturated rings. The molecule has 766 valence electrons. The maximum Gasteiger partial charge on any atom is 0.326 e. The van der Waals surface area contributed by atoms with E-state index in [4.69, 9.17) is 15.9 Å². The van der Waals surface area contributed by atoms with Crippen LogP contribution in [0.25, 0.3) is 0 Å². The van der Waals surface area contributed by atoms with Crippen molar-refractivity contribution in [3.8, 4) is 0 Å². The molecular formula is C73H100N16O49. The molecule has 0 aliphatic rings. The number of nitrogens with one attached hydrogen (secondary N) is 15. The first-order valence-electron chi connectivity index (χ1n) is 40.1. The zero-order valence-electron chi connectivity index (χ0n) is 71.7. The van der Waals surface area contributed by atoms with Crippen molar-refractivity contribution in [1.29, 1.82) is 0 Å². The van der Waals surface area contributed by atoms with Gasteiger partial charge in [0.15, 0.2) is 0 Å². The fourth-order valence-electron chi connectivity index (χ4n) is 11.5. The fraction of sp³-hybridized carbons (Fsp3) is 0.562. The number of rotatable bonds is 72. The van der Waals surface area contributed by atoms with Crippen molar-refractivity contribution >= 4 is 190 Å². The number of aliphatic carboxylic acids is 17. The van der Waals surface area contributed by atoms with E-state index in [1.165, 1.54) is 0 Å². The molecule has 0 unspecified atom stereocenters. The van der Waals surface area contributed by atoms with E-state index >= 15 is 0 Å². The third kappa shape index (κ3) is 51.1. The highest BCUT2D eigenvalue weighted by Crippen LogP contribution is 2.15. The lowest BCUT2D eigenvalue weighted by atomic mass is 10.0. The van der Waals surface area contributed by atoms with E-state index in [0.717, 1.165) is 0 Å². The van der Waals surface area contributed by atoms with E-state index in [-0.39, 0.29) is 0 Å². The second kappa shape index (κ2) is 60.9. The lowest BCUT2D eigenvalue weighted by molar-refractivity contribution is -0.148. The van der Waals surface area contributed by atoms with E-state index in [1.54, 1.807) is 42.5 Å². The summed E-state index contributed by atoms with van der Waals surface area (Å²) in [6.07, 6.45) is -29.4. The molecule has 0 saturated carbocycles. The zero-order chi connectivity index (χ0) is 106. The summed E-state index contributed by atoms with van der Waals surface area (Å²) in [6, 6.07) is -37.9. The number of amides is 15. The molecule has 0 aromatic heterocycles. The lowest BCUT2D eigenvalue weighted by Crippen LogP contribution is -2.61. The maximum atomic E-state index is 14.3. The number of hydrogen-bond donors (Lipinski definition) is 33. The quantitative estimate of drug-likeness (QED) is 0.0269. The van der Waals surface area contributed by atoms with E-state index < -0.39 is 447 Å². The van der Waals surface area contributed by atoms with Gasteiger partial charge in [0.2, 0.25) is 88.6 Å². The van der Waals surface area contributed by atoms with Crippen LogP contribution in [0.4, 0.5) is 0 Å². The first-order chi connectivity index (χ1) is 64.0. The lowest BCUT2D eigenvalue weighted by Gasteiger charge is -2.28. The molecule has 0 aliphatic heterocycles. The Hall–Kier alpha value is -17.0. The molecule has 0 heterocycles. The first-order valence-corrected chi connectivity index (χ1v) is 40.1. The van der Waals surface area contributed by atoms with Crippen molar-refractivity contribution in [2.75, 3.05) is 0 Å². The Morgan fingerprint density at radius 2 is 0.239 bits per heavy atom. The van der Waals surface area contributed by atoms with E-state index in [1.807, 2.05) is 31.9 Å². The number of hydrogen-bond acceptors (Lipinski definition) is 33. The second-order valence-electron chi connectivity index (χ2n) is 29.4. The monoisotopic (exact) mass is 1980 g/mol. The third-order valence-electron chi connectivity index (χ3n) is 18.3. The van der Waals surface area contributed by atoms with Crippen LogP contribution in [0.1, 0.15) is 161 Å². The molecule has 0 bridgehead atoms. The molecule has 0 aromatic rings. The average Bonchev–Trinajstić information content (AvgIpc) is 0.852. The van der Waals surface area contributed by atoms with Crippen LogP contribution in [0.5, 0.6) is 0 Å². The maximum absolute atomic E-state index is 14.3. The minimum absolute atomic E-state index is 0.530. The highest BCUT2D eigenvalue weighted by atomic mass is 16.4. The summed E-state index contributed by atoms with van der Waals surface area (Å²) in [5.41, 5.74) is 5.71. The van der Waals surface area contributed by atoms with Gasteiger partial charge in [-0.05, 0) is 57.8 Å². The molecule has 0 spiro atoms. The molecule has 65 nitrogen and oxygen atoms in total. The number of carbonyl (C=O) groups is 32. The number of carbonyl (C=O) groups excluding carboxylic acids is 15. The Bertz CT molecular complexity index is 4610. The number of nitrogens with two attached hydrogens (primary N) is 1. The zero-order valence-corrected chi connectivity index (χ0v) is 71.7. The highest BCUT2D eigenvalue weighted by Gasteiger charge is 2.42. The van der Waals surface area contributed by atoms with Crippen LogP contribution in [-0.4, -0.2) is 374 Å². The van der Waals surface area contributed by atoms with E-state index in [9.17, 15) is 230 Å². The van der Waals surface area contributed by atoms with Gasteiger partial charge < -0.3 is 172 Å². The Labute approximate surface area is 770 Å². The van der Waals surface area contributed by atoms with Gasteiger partial charge in [0, 0.05) is 57.8 Å². The van der Waals surface area contributed by atoms with Gasteiger partial charge >= 0.3 is 101 Å². The van der Waals surface area contributed by atoms with Gasteiger partial charge in [0.1, 0.15) is 90.6 Å². The molecule has 15 amide bonds. The Kier molecular flexibility index (Phi) is 53.4. The molecule has 0 radical (unpaired) electrons. The van der Waals surface area contributed by atoms with Crippen LogP contribution in [0, 0.1) is 0 Å². The van der Waals surface area contributed by atoms with Crippen LogP contribution in [-0.2, 0) is 153 Å². The number of carboxylic acid groups (broad SMARTS) is 17. The Balaban J connectivity index is 7.68. The van der Waals surface area contributed by atoms with Gasteiger partial charge in [0.25, 0.3) is 0 Å². The van der Waals surface area contributed by atoms with Gasteiger partial charge in [-0.1, -0.05) is 0 Å². The highest BCUT2D eigenvalue weighted by molar-refractivity contribution is 6.04. The molecule has 0 aliphatic carbocycles. The van der Waals surface area contributed by atoms with Gasteiger partial charge in [-0.15, -0.1) is 0 Å². The summed E-state index contributed by atoms with van der Waals surface area (Å²) in [6.45, 7) is 0. The van der Waals surface area contributed by atoms with Gasteiger partial charge in [0.05, 0.1) is 51.0 Å². The van der Waals surface area contributed by atoms with Crippen LogP contribution in [0.3, 0.4) is 0 Å². The molecule has 16 atom stereocenters. The SMILES string of the molecule is N[C@@H](CCC(=O)O)C(=O)N[C@@H](CCC(=O)O)C(=O)N[C@@H](CCC(=O)O)C(=O)N[C@@H](CCC(=O)O)C(=O)N[C@@H](CCC(=O)O)C(=O)N[C@@H](CCC(=O)O)C(=O)N[C@@H](CCC(=O)O)C(=O)N[C@@H](CCC(=O)O)C(=O)N[C@@H](CC(=O)O)C(=O)N[C@@H](CC(=O)O)C(=O)N[C@@H](CCC(=O)O)C(=O)N[C@@H](CC(=O)O)C(=O)N[C@@H](CC(=O)O)C(=O)N[C@@H](CC(=O)O)C(=O)N[C@@H](CC(=O)O)C(=O)N[C@@H](CC(=O)O)C(=O)O. The minimum Gasteiger partial charge on any atom is -0.481 e. The predicted molar refractivity (Wildman–Crippen MR) is 432 cm³/mol. The minimum atomic E-state index is -2.68. The fourth-order valence-corrected chi connectivity index (χ4v) is 11.5. The summed E-state index contributed by atoms with van der Waals surface area (Å²) < 4.78 is 0. The van der Waals surface area contributed by atoms with Crippen LogP contribution >= 0.6 is 0 Å². The van der Waals surface area contributed by atoms with Crippen molar-refractivity contribution in [3.05, 3.63) is 0 Å². The van der Waals surface area contributed by atoms with Crippen LogP contribution in [0.15, 0.2) is 0 Å². The summed E-state index contributed by atoms with van der Waals surface area (Å²) in [7, 11) is 0. The van der Waals surface area contributed by atoms with Crippen LogP contribution < -0.4 is 85.5 Å². The van der Waals surface area contributed by atoms with E-state index in [0.29, 0.717) is 0 Å². The van der Waals surface area contributed by atoms with Crippen LogP contribution in [0.2, 0.25) is 0 Å². The smallest absolute Gasteiger partial charge is 0.326 e. The molecule has 34 N–H and O–H groups in total. The average molecular weight is 1990 g/mol. The summed E-state index contributed by atoms with van der Waals surface area (Å²) in [5, 5.41) is 190. The van der Waals surface area contributed by atoms with Gasteiger partial charge in [-0.3, -0.25) is 149 Å². The largest absolute Gasteiger partial charge is 0.481 e.